The average Bonchev–Trinajstić information content (AvgIpc) is 0.761. The molecular formula is C82H104N4O4S6. The first-order valence-electron chi connectivity index (χ1n) is 33.4. The number of fused-ring (bicyclic) bond motifs is 1. The van der Waals surface area contributed by atoms with Gasteiger partial charge in [0.1, 0.15) is 5.03 Å². The number of nitro groups is 2. The summed E-state index contributed by atoms with van der Waals surface area (Å²) in [6, 6.07) is 44.5. The minimum atomic E-state index is -0.576. The number of hydrogen-bond donors (Lipinski definition) is 0. The Morgan fingerprint density at radius 2 is 0.542 bits per heavy atom. The lowest BCUT2D eigenvalue weighted by Crippen LogP contribution is -2.17. The molecular weight excluding hydrogens is 1300 g/mol. The molecule has 8 rings (SSSR count). The second-order valence-corrected chi connectivity index (χ2v) is 40.3. The summed E-state index contributed by atoms with van der Waals surface area (Å²) in [6.07, 6.45) is 0. The molecule has 0 saturated carbocycles. The van der Waals surface area contributed by atoms with Gasteiger partial charge in [-0.25, -0.2) is 9.97 Å². The van der Waals surface area contributed by atoms with Crippen molar-refractivity contribution in [3.63, 3.8) is 0 Å². The van der Waals surface area contributed by atoms with E-state index < -0.39 is 15.5 Å². The molecule has 0 aliphatic rings. The van der Waals surface area contributed by atoms with Gasteiger partial charge in [0.15, 0.2) is 10.7 Å². The molecule has 0 spiro atoms. The third kappa shape index (κ3) is 20.9. The molecule has 0 amide bonds. The van der Waals surface area contributed by atoms with Crippen molar-refractivity contribution in [3.05, 3.63) is 219 Å². The molecule has 1 aromatic heterocycles. The Kier molecular flexibility index (Phi) is 23.5. The summed E-state index contributed by atoms with van der Waals surface area (Å²) in [6.45, 7) is 54.7. The van der Waals surface area contributed by atoms with Crippen LogP contribution in [-0.2, 0) is 77.8 Å². The van der Waals surface area contributed by atoms with Gasteiger partial charge in [0.05, 0.1) is 15.9 Å². The van der Waals surface area contributed by atoms with E-state index in [0.717, 1.165) is 59.8 Å². The molecule has 7 aromatic carbocycles. The highest BCUT2D eigenvalue weighted by molar-refractivity contribution is 8.00. The lowest BCUT2D eigenvalue weighted by atomic mass is 9.80. The predicted octanol–water partition coefficient (Wildman–Crippen LogP) is 25.6. The van der Waals surface area contributed by atoms with Crippen molar-refractivity contribution in [1.82, 2.24) is 9.97 Å². The standard InChI is InChI=1S/C82H104N4O4S6/c1-75(2,3)57-25-51(26-58(37-57)76(4,5)6)45-91-66-33-55(34-67(43-66)92-46-52-27-59(77(7,8)9)38-60(28-52)78(10,11)12)49-95-73-70-41-65(85(87)88)42-71(86(89)90)72(70)83-74(84-73)96-50-56-35-68(93-47-53-29-61(79(13,14)15)39-62(30-53)80(16,17)18)44-69(36-56)94-48-54-31-63(81(19,20)21)40-64(32-54)82(22,23)24/h25-44H,45-50H2,1-24H3. The Morgan fingerprint density at radius 3 is 0.792 bits per heavy atom. The summed E-state index contributed by atoms with van der Waals surface area (Å²) in [5, 5.41) is 26.7. The van der Waals surface area contributed by atoms with Crippen molar-refractivity contribution < 1.29 is 9.85 Å². The van der Waals surface area contributed by atoms with Crippen LogP contribution in [0.15, 0.2) is 151 Å². The molecule has 1 heterocycles. The Labute approximate surface area is 601 Å². The van der Waals surface area contributed by atoms with Crippen LogP contribution in [0.2, 0.25) is 0 Å². The fourth-order valence-corrected chi connectivity index (χ4v) is 16.6. The maximum atomic E-state index is 13.0. The molecule has 8 aromatic rings. The Morgan fingerprint density at radius 1 is 0.292 bits per heavy atom. The molecule has 8 nitrogen and oxygen atoms in total. The number of benzene rings is 7. The number of nitrogens with zero attached hydrogens (tertiary/aromatic N) is 4. The van der Waals surface area contributed by atoms with Crippen molar-refractivity contribution in [3.8, 4) is 0 Å². The molecule has 14 heteroatoms. The highest BCUT2D eigenvalue weighted by Crippen LogP contribution is 2.43. The second-order valence-electron chi connectivity index (χ2n) is 34.2. The highest BCUT2D eigenvalue weighted by Gasteiger charge is 2.28. The van der Waals surface area contributed by atoms with E-state index in [1.807, 2.05) is 47.0 Å². The fraction of sp³-hybridized carbons (Fsp3) is 0.463. The normalized spacial score (nSPS) is 13.0. The topological polar surface area (TPSA) is 112 Å². The first-order chi connectivity index (χ1) is 44.1. The molecule has 0 bridgehead atoms. The summed E-state index contributed by atoms with van der Waals surface area (Å²) < 4.78 is 0. The predicted molar refractivity (Wildman–Crippen MR) is 418 cm³/mol. The molecule has 96 heavy (non-hydrogen) atoms. The van der Waals surface area contributed by atoms with Crippen LogP contribution in [0.4, 0.5) is 11.4 Å². The summed E-state index contributed by atoms with van der Waals surface area (Å²) in [7, 11) is 0. The number of hydrogen-bond acceptors (Lipinski definition) is 12. The lowest BCUT2D eigenvalue weighted by Gasteiger charge is -2.26. The summed E-state index contributed by atoms with van der Waals surface area (Å²) in [5.41, 5.74) is 16.9. The fourth-order valence-electron chi connectivity index (χ4n) is 10.9. The Hall–Kier alpha value is -5.22. The van der Waals surface area contributed by atoms with Crippen LogP contribution in [0, 0.1) is 20.2 Å². The molecule has 0 fully saturated rings. The molecule has 0 unspecified atom stereocenters. The van der Waals surface area contributed by atoms with Gasteiger partial charge in [-0.1, -0.05) is 251 Å². The van der Waals surface area contributed by atoms with Gasteiger partial charge in [-0.2, -0.15) is 0 Å². The summed E-state index contributed by atoms with van der Waals surface area (Å²) in [4.78, 5) is 39.1. The smallest absolute Gasteiger partial charge is 0.258 e. The van der Waals surface area contributed by atoms with Crippen molar-refractivity contribution >= 4 is 92.8 Å². The highest BCUT2D eigenvalue weighted by atomic mass is 32.2. The maximum absolute atomic E-state index is 13.0. The van der Waals surface area contributed by atoms with Crippen LogP contribution in [-0.4, -0.2) is 19.8 Å². The third-order valence-corrected chi connectivity index (χ3v) is 23.4. The molecule has 0 radical (unpaired) electrons. The lowest BCUT2D eigenvalue weighted by molar-refractivity contribution is -0.393. The summed E-state index contributed by atoms with van der Waals surface area (Å²) in [5.74, 6) is 4.05. The van der Waals surface area contributed by atoms with Gasteiger partial charge < -0.3 is 0 Å². The summed E-state index contributed by atoms with van der Waals surface area (Å²) >= 11 is 10.2. The van der Waals surface area contributed by atoms with Crippen molar-refractivity contribution in [2.45, 2.75) is 274 Å². The van der Waals surface area contributed by atoms with Crippen LogP contribution in [0.1, 0.15) is 244 Å². The van der Waals surface area contributed by atoms with E-state index in [0.29, 0.717) is 21.7 Å². The SMILES string of the molecule is CC(C)(C)c1cc(CSc2cc(CSc3nc(SCc4cc(SCc5cc(C(C)(C)C)cc(C(C)(C)C)c5)cc(SCc5cc(C(C)(C)C)cc(C(C)(C)C)c5)c4)c4cc([N+](=O)[O-])cc([N+](=O)[O-])c4n3)cc(SCc3cc(C(C)(C)C)cc(C(C)(C)C)c3)c2)cc(C(C)(C)C)c1. The van der Waals surface area contributed by atoms with E-state index in [1.165, 1.54) is 96.4 Å². The average molecular weight is 1400 g/mol. The first-order valence-corrected chi connectivity index (χ1v) is 39.4. The molecule has 0 atom stereocenters. The van der Waals surface area contributed by atoms with Crippen molar-refractivity contribution in [1.29, 1.82) is 0 Å². The number of nitro benzene ring substituents is 2. The van der Waals surface area contributed by atoms with Crippen molar-refractivity contribution in [2.24, 2.45) is 0 Å². The van der Waals surface area contributed by atoms with Crippen LogP contribution in [0.3, 0.4) is 0 Å². The van der Waals surface area contributed by atoms with Crippen LogP contribution in [0.5, 0.6) is 0 Å². The van der Waals surface area contributed by atoms with E-state index in [1.54, 1.807) is 0 Å². The first kappa shape index (κ1) is 76.5. The van der Waals surface area contributed by atoms with Gasteiger partial charge in [-0.15, -0.1) is 58.8 Å². The van der Waals surface area contributed by atoms with E-state index >= 15 is 0 Å². The van der Waals surface area contributed by atoms with E-state index in [4.69, 9.17) is 9.97 Å². The van der Waals surface area contributed by atoms with Gasteiger partial charge in [-0.3, -0.25) is 20.2 Å². The molecule has 512 valence electrons. The Bertz CT molecular complexity index is 3850. The molecule has 0 saturated heterocycles. The van der Waals surface area contributed by atoms with Crippen LogP contribution >= 0.6 is 70.6 Å². The minimum Gasteiger partial charge on any atom is -0.258 e. The van der Waals surface area contributed by atoms with Gasteiger partial charge in [-0.05, 0) is 158 Å². The van der Waals surface area contributed by atoms with Gasteiger partial charge in [0.2, 0.25) is 0 Å². The quantitative estimate of drug-likeness (QED) is 0.0238. The van der Waals surface area contributed by atoms with Gasteiger partial charge >= 0.3 is 5.69 Å². The number of rotatable bonds is 20. The number of thioether (sulfide) groups is 6. The minimum absolute atomic E-state index is 0.0156. The second kappa shape index (κ2) is 29.5. The zero-order valence-electron chi connectivity index (χ0n) is 61.7. The molecule has 0 N–H and O–H groups in total. The largest absolute Gasteiger partial charge is 0.302 e. The van der Waals surface area contributed by atoms with Crippen LogP contribution < -0.4 is 0 Å². The van der Waals surface area contributed by atoms with Crippen LogP contribution in [0.25, 0.3) is 10.9 Å². The zero-order chi connectivity index (χ0) is 71.1. The monoisotopic (exact) mass is 1400 g/mol. The van der Waals surface area contributed by atoms with Crippen molar-refractivity contribution in [2.75, 3.05) is 0 Å². The number of aromatic nitrogens is 2. The Balaban J connectivity index is 1.18. The van der Waals surface area contributed by atoms with Gasteiger partial charge in [0, 0.05) is 65.6 Å². The third-order valence-electron chi connectivity index (χ3n) is 17.3. The number of non-ortho nitro benzene ring substituents is 2. The van der Waals surface area contributed by atoms with E-state index in [2.05, 4.69) is 275 Å². The molecule has 0 aliphatic carbocycles. The van der Waals surface area contributed by atoms with E-state index in [9.17, 15) is 20.2 Å². The zero-order valence-corrected chi connectivity index (χ0v) is 66.6. The van der Waals surface area contributed by atoms with Gasteiger partial charge in [0.25, 0.3) is 5.69 Å². The van der Waals surface area contributed by atoms with E-state index in [-0.39, 0.29) is 59.9 Å². The molecule has 0 aliphatic heterocycles. The maximum Gasteiger partial charge on any atom is 0.302 e.